The number of nitrogens with zero attached hydrogens (tertiary/aromatic N) is 3. The first kappa shape index (κ1) is 12.5. The van der Waals surface area contributed by atoms with E-state index in [1.54, 1.807) is 12.1 Å². The highest BCUT2D eigenvalue weighted by Crippen LogP contribution is 2.23. The zero-order valence-electron chi connectivity index (χ0n) is 9.32. The average Bonchev–Trinajstić information content (AvgIpc) is 2.33. The van der Waals surface area contributed by atoms with Crippen LogP contribution in [-0.4, -0.2) is 22.1 Å². The molecule has 0 fully saturated rings. The summed E-state index contributed by atoms with van der Waals surface area (Å²) in [4.78, 5) is 11.5. The van der Waals surface area contributed by atoms with Gasteiger partial charge in [0.2, 0.25) is 11.9 Å². The van der Waals surface area contributed by atoms with Gasteiger partial charge < -0.3 is 15.8 Å². The number of nitrogens with one attached hydrogen (secondary N) is 1. The first-order valence-electron chi connectivity index (χ1n) is 4.86. The summed E-state index contributed by atoms with van der Waals surface area (Å²) in [6.07, 6.45) is 0. The Morgan fingerprint density at radius 1 is 1.33 bits per heavy atom. The van der Waals surface area contributed by atoms with E-state index in [1.165, 1.54) is 13.2 Å². The third-order valence-electron chi connectivity index (χ3n) is 1.99. The number of aromatic nitrogens is 3. The number of ether oxygens (including phenoxy) is 1. The Bertz CT molecular complexity index is 580. The molecular weight excluding hydrogens is 305 g/mol. The van der Waals surface area contributed by atoms with E-state index in [0.29, 0.717) is 0 Å². The predicted octanol–water partition coefficient (Wildman–Crippen LogP) is 2.11. The second kappa shape index (κ2) is 5.13. The molecule has 0 amide bonds. The van der Waals surface area contributed by atoms with Crippen LogP contribution in [0.1, 0.15) is 0 Å². The minimum Gasteiger partial charge on any atom is -0.467 e. The van der Waals surface area contributed by atoms with Crippen LogP contribution in [0.2, 0.25) is 0 Å². The van der Waals surface area contributed by atoms with Crippen LogP contribution in [-0.2, 0) is 0 Å². The number of benzene rings is 1. The molecule has 0 bridgehead atoms. The molecule has 3 N–H and O–H groups in total. The number of hydrogen-bond donors (Lipinski definition) is 2. The molecule has 0 saturated carbocycles. The molecule has 8 heteroatoms. The maximum Gasteiger partial charge on any atom is 0.322 e. The number of hydrogen-bond acceptors (Lipinski definition) is 6. The Morgan fingerprint density at radius 3 is 2.83 bits per heavy atom. The van der Waals surface area contributed by atoms with Crippen LogP contribution in [0.15, 0.2) is 22.7 Å². The van der Waals surface area contributed by atoms with E-state index < -0.39 is 5.82 Å². The van der Waals surface area contributed by atoms with E-state index in [1.807, 2.05) is 0 Å². The lowest BCUT2D eigenvalue weighted by molar-refractivity contribution is 0.380. The van der Waals surface area contributed by atoms with Crippen molar-refractivity contribution in [1.29, 1.82) is 0 Å². The van der Waals surface area contributed by atoms with Gasteiger partial charge in [0, 0.05) is 4.47 Å². The zero-order chi connectivity index (χ0) is 13.1. The number of halogens is 2. The molecule has 0 atom stereocenters. The molecule has 0 radical (unpaired) electrons. The molecule has 0 unspecified atom stereocenters. The van der Waals surface area contributed by atoms with Gasteiger partial charge in [-0.15, -0.1) is 0 Å². The SMILES string of the molecule is COc1nc(N)nc(Nc2cc(Br)ccc2F)n1. The Labute approximate surface area is 111 Å². The summed E-state index contributed by atoms with van der Waals surface area (Å²) >= 11 is 3.24. The fraction of sp³-hybridized carbons (Fsp3) is 0.100. The molecule has 1 aromatic carbocycles. The van der Waals surface area contributed by atoms with Crippen molar-refractivity contribution in [1.82, 2.24) is 15.0 Å². The van der Waals surface area contributed by atoms with Crippen LogP contribution in [0.3, 0.4) is 0 Å². The molecule has 0 saturated heterocycles. The highest BCUT2D eigenvalue weighted by Gasteiger charge is 2.08. The largest absolute Gasteiger partial charge is 0.467 e. The summed E-state index contributed by atoms with van der Waals surface area (Å²) in [5, 5.41) is 2.70. The summed E-state index contributed by atoms with van der Waals surface area (Å²) in [7, 11) is 1.40. The number of methoxy groups -OCH3 is 1. The van der Waals surface area contributed by atoms with Crippen molar-refractivity contribution in [3.05, 3.63) is 28.5 Å². The van der Waals surface area contributed by atoms with Gasteiger partial charge in [0.1, 0.15) is 5.82 Å². The number of nitrogens with two attached hydrogens (primary N) is 1. The molecule has 1 aromatic heterocycles. The smallest absolute Gasteiger partial charge is 0.322 e. The Kier molecular flexibility index (Phi) is 3.56. The molecule has 6 nitrogen and oxygen atoms in total. The minimum absolute atomic E-state index is 0.0141. The second-order valence-corrected chi connectivity index (χ2v) is 4.17. The third-order valence-corrected chi connectivity index (χ3v) is 2.48. The van der Waals surface area contributed by atoms with Gasteiger partial charge in [0.15, 0.2) is 0 Å². The topological polar surface area (TPSA) is 86.0 Å². The summed E-state index contributed by atoms with van der Waals surface area (Å²) < 4.78 is 19.1. The van der Waals surface area contributed by atoms with Crippen molar-refractivity contribution < 1.29 is 9.13 Å². The monoisotopic (exact) mass is 313 g/mol. The first-order valence-corrected chi connectivity index (χ1v) is 5.65. The summed E-state index contributed by atoms with van der Waals surface area (Å²) in [6, 6.07) is 4.51. The molecular formula is C10H9BrFN5O. The van der Waals surface area contributed by atoms with Crippen LogP contribution in [0.25, 0.3) is 0 Å². The zero-order valence-corrected chi connectivity index (χ0v) is 10.9. The average molecular weight is 314 g/mol. The van der Waals surface area contributed by atoms with E-state index in [0.717, 1.165) is 4.47 Å². The number of nitrogen functional groups attached to an aromatic ring is 1. The minimum atomic E-state index is -0.434. The Hall–Kier alpha value is -1.96. The molecule has 94 valence electrons. The van der Waals surface area contributed by atoms with Gasteiger partial charge in [-0.2, -0.15) is 15.0 Å². The van der Waals surface area contributed by atoms with E-state index in [2.05, 4.69) is 36.2 Å². The van der Waals surface area contributed by atoms with Crippen LogP contribution < -0.4 is 15.8 Å². The number of rotatable bonds is 3. The normalized spacial score (nSPS) is 10.2. The van der Waals surface area contributed by atoms with Crippen LogP contribution in [0.4, 0.5) is 22.0 Å². The fourth-order valence-electron chi connectivity index (χ4n) is 1.23. The van der Waals surface area contributed by atoms with Crippen LogP contribution in [0.5, 0.6) is 6.01 Å². The van der Waals surface area contributed by atoms with Gasteiger partial charge in [0.05, 0.1) is 12.8 Å². The van der Waals surface area contributed by atoms with Gasteiger partial charge in [-0.25, -0.2) is 4.39 Å². The summed E-state index contributed by atoms with van der Waals surface area (Å²) in [5.74, 6) is -0.341. The molecule has 18 heavy (non-hydrogen) atoms. The maximum absolute atomic E-state index is 13.5. The summed E-state index contributed by atoms with van der Waals surface area (Å²) in [5.41, 5.74) is 5.69. The third kappa shape index (κ3) is 2.83. The Balaban J connectivity index is 2.33. The molecule has 2 rings (SSSR count). The Morgan fingerprint density at radius 2 is 2.11 bits per heavy atom. The van der Waals surface area contributed by atoms with Crippen LogP contribution in [0, 0.1) is 5.82 Å². The second-order valence-electron chi connectivity index (χ2n) is 3.25. The molecule has 0 spiro atoms. The van der Waals surface area contributed by atoms with Crippen molar-refractivity contribution in [2.45, 2.75) is 0 Å². The first-order chi connectivity index (χ1) is 8.58. The predicted molar refractivity (Wildman–Crippen MR) is 68.2 cm³/mol. The van der Waals surface area contributed by atoms with E-state index in [-0.39, 0.29) is 23.6 Å². The van der Waals surface area contributed by atoms with Gasteiger partial charge in [-0.1, -0.05) is 15.9 Å². The van der Waals surface area contributed by atoms with Crippen molar-refractivity contribution in [2.75, 3.05) is 18.2 Å². The quantitative estimate of drug-likeness (QED) is 0.902. The molecule has 0 aliphatic heterocycles. The lowest BCUT2D eigenvalue weighted by Crippen LogP contribution is -2.05. The highest BCUT2D eigenvalue weighted by atomic mass is 79.9. The van der Waals surface area contributed by atoms with Gasteiger partial charge >= 0.3 is 6.01 Å². The van der Waals surface area contributed by atoms with Crippen molar-refractivity contribution in [2.24, 2.45) is 0 Å². The number of anilines is 3. The standard InChI is InChI=1S/C10H9BrFN5O/c1-18-10-16-8(13)15-9(17-10)14-7-4-5(11)2-3-6(7)12/h2-4H,1H3,(H3,13,14,15,16,17). The molecule has 1 heterocycles. The van der Waals surface area contributed by atoms with Crippen LogP contribution >= 0.6 is 15.9 Å². The van der Waals surface area contributed by atoms with Crippen molar-refractivity contribution >= 4 is 33.5 Å². The lowest BCUT2D eigenvalue weighted by Gasteiger charge is -2.07. The maximum atomic E-state index is 13.5. The fourth-order valence-corrected chi connectivity index (χ4v) is 1.59. The van der Waals surface area contributed by atoms with Crippen molar-refractivity contribution in [3.63, 3.8) is 0 Å². The van der Waals surface area contributed by atoms with E-state index in [9.17, 15) is 4.39 Å². The van der Waals surface area contributed by atoms with Gasteiger partial charge in [-0.05, 0) is 18.2 Å². The lowest BCUT2D eigenvalue weighted by atomic mass is 10.3. The van der Waals surface area contributed by atoms with E-state index >= 15 is 0 Å². The van der Waals surface area contributed by atoms with Crippen molar-refractivity contribution in [3.8, 4) is 6.01 Å². The molecule has 2 aromatic rings. The molecule has 0 aliphatic rings. The van der Waals surface area contributed by atoms with E-state index in [4.69, 9.17) is 10.5 Å². The van der Waals surface area contributed by atoms with Gasteiger partial charge in [0.25, 0.3) is 0 Å². The summed E-state index contributed by atoms with van der Waals surface area (Å²) in [6.45, 7) is 0. The highest BCUT2D eigenvalue weighted by molar-refractivity contribution is 9.10. The van der Waals surface area contributed by atoms with Gasteiger partial charge in [-0.3, -0.25) is 0 Å². The molecule has 0 aliphatic carbocycles.